The summed E-state index contributed by atoms with van der Waals surface area (Å²) in [6.07, 6.45) is 5.35. The number of fused-ring (bicyclic) bond motifs is 2. The van der Waals surface area contributed by atoms with Gasteiger partial charge in [0.1, 0.15) is 0 Å². The van der Waals surface area contributed by atoms with Crippen LogP contribution in [-0.4, -0.2) is 63.2 Å². The van der Waals surface area contributed by atoms with Crippen LogP contribution >= 0.6 is 0 Å². The Labute approximate surface area is 174 Å². The summed E-state index contributed by atoms with van der Waals surface area (Å²) >= 11 is 0. The van der Waals surface area contributed by atoms with Crippen LogP contribution in [0.1, 0.15) is 52.4 Å². The van der Waals surface area contributed by atoms with Crippen LogP contribution in [0.5, 0.6) is 0 Å². The van der Waals surface area contributed by atoms with Crippen LogP contribution in [-0.2, 0) is 23.8 Å². The van der Waals surface area contributed by atoms with Gasteiger partial charge in [0, 0.05) is 16.7 Å². The van der Waals surface area contributed by atoms with Crippen molar-refractivity contribution in [1.29, 1.82) is 0 Å². The van der Waals surface area contributed by atoms with E-state index in [4.69, 9.17) is 13.7 Å². The van der Waals surface area contributed by atoms with Gasteiger partial charge in [0.25, 0.3) is 10.1 Å². The van der Waals surface area contributed by atoms with Crippen LogP contribution < -0.4 is 0 Å². The van der Waals surface area contributed by atoms with E-state index in [0.29, 0.717) is 12.3 Å². The monoisotopic (exact) mass is 432 g/mol. The summed E-state index contributed by atoms with van der Waals surface area (Å²) in [6.45, 7) is 5.03. The van der Waals surface area contributed by atoms with E-state index in [1.807, 2.05) is 0 Å². The molecule has 8 heteroatoms. The summed E-state index contributed by atoms with van der Waals surface area (Å²) in [5.74, 6) is 0.470. The largest absolute Gasteiger partial charge is 0.396 e. The zero-order valence-corrected chi connectivity index (χ0v) is 18.6. The van der Waals surface area contributed by atoms with E-state index >= 15 is 0 Å². The van der Waals surface area contributed by atoms with Crippen molar-refractivity contribution in [3.63, 3.8) is 0 Å². The molecule has 0 unspecified atom stereocenters. The van der Waals surface area contributed by atoms with Crippen molar-refractivity contribution in [3.8, 4) is 0 Å². The standard InChI is InChI=1S/C21H36O7S/c1-13-9-17(23)21(12-22)15(11-27-29(3,24)25)5-4-6-16(21)20(13,2)18-10-14-7-8-26-19(14)28-18/h13-19,22-23H,4-12H2,1-3H3/t13-,14-,15-,16-,17+,18+,19+,20+,21+/m1/s1. The fraction of sp³-hybridized carbons (Fsp3) is 1.00. The van der Waals surface area contributed by atoms with Gasteiger partial charge in [0.05, 0.1) is 38.3 Å². The molecule has 0 amide bonds. The second-order valence-electron chi connectivity index (χ2n) is 10.1. The molecule has 2 heterocycles. The Balaban J connectivity index is 1.67. The van der Waals surface area contributed by atoms with Gasteiger partial charge in [-0.3, -0.25) is 4.18 Å². The zero-order chi connectivity index (χ0) is 21.0. The Morgan fingerprint density at radius 1 is 1.21 bits per heavy atom. The second kappa shape index (κ2) is 7.71. The predicted molar refractivity (Wildman–Crippen MR) is 106 cm³/mol. The predicted octanol–water partition coefficient (Wildman–Crippen LogP) is 1.92. The highest BCUT2D eigenvalue weighted by Crippen LogP contribution is 2.65. The van der Waals surface area contributed by atoms with Crippen LogP contribution in [0.2, 0.25) is 0 Å². The third-order valence-corrected chi connectivity index (χ3v) is 9.45. The zero-order valence-electron chi connectivity index (χ0n) is 17.7. The number of aliphatic hydroxyl groups excluding tert-OH is 2. The molecule has 7 nitrogen and oxygen atoms in total. The van der Waals surface area contributed by atoms with E-state index in [0.717, 1.165) is 45.0 Å². The van der Waals surface area contributed by atoms with E-state index in [1.54, 1.807) is 0 Å². The second-order valence-corrected chi connectivity index (χ2v) is 11.8. The maximum Gasteiger partial charge on any atom is 0.264 e. The highest BCUT2D eigenvalue weighted by molar-refractivity contribution is 7.85. The average molecular weight is 433 g/mol. The molecular weight excluding hydrogens is 396 g/mol. The van der Waals surface area contributed by atoms with Gasteiger partial charge in [0.15, 0.2) is 6.29 Å². The lowest BCUT2D eigenvalue weighted by Gasteiger charge is -2.64. The Hall–Kier alpha value is -0.250. The van der Waals surface area contributed by atoms with Gasteiger partial charge in [-0.25, -0.2) is 0 Å². The summed E-state index contributed by atoms with van der Waals surface area (Å²) < 4.78 is 40.6. The lowest BCUT2D eigenvalue weighted by atomic mass is 9.42. The molecule has 4 aliphatic rings. The maximum atomic E-state index is 11.6. The van der Waals surface area contributed by atoms with Gasteiger partial charge in [-0.15, -0.1) is 0 Å². The summed E-state index contributed by atoms with van der Waals surface area (Å²) in [4.78, 5) is 0. The molecule has 4 rings (SSSR count). The van der Waals surface area contributed by atoms with E-state index < -0.39 is 21.6 Å². The van der Waals surface area contributed by atoms with Crippen molar-refractivity contribution in [2.75, 3.05) is 26.1 Å². The normalized spacial score (nSPS) is 50.3. The van der Waals surface area contributed by atoms with E-state index in [1.165, 1.54) is 0 Å². The fourth-order valence-electron chi connectivity index (χ4n) is 7.15. The summed E-state index contributed by atoms with van der Waals surface area (Å²) in [6, 6.07) is 0. The Morgan fingerprint density at radius 2 is 1.97 bits per heavy atom. The topological polar surface area (TPSA) is 102 Å². The number of rotatable bonds is 5. The molecular formula is C21H36O7S. The quantitative estimate of drug-likeness (QED) is 0.640. The van der Waals surface area contributed by atoms with Crippen LogP contribution in [0.15, 0.2) is 0 Å². The van der Waals surface area contributed by atoms with Crippen molar-refractivity contribution in [2.45, 2.75) is 70.9 Å². The molecule has 2 saturated heterocycles. The summed E-state index contributed by atoms with van der Waals surface area (Å²) in [5.41, 5.74) is -0.995. The van der Waals surface area contributed by atoms with E-state index in [2.05, 4.69) is 13.8 Å². The summed E-state index contributed by atoms with van der Waals surface area (Å²) in [5, 5.41) is 21.9. The molecule has 2 saturated carbocycles. The highest BCUT2D eigenvalue weighted by Gasteiger charge is 2.65. The lowest BCUT2D eigenvalue weighted by molar-refractivity contribution is -0.247. The first-order chi connectivity index (χ1) is 13.6. The highest BCUT2D eigenvalue weighted by atomic mass is 32.2. The number of aliphatic hydroxyl groups is 2. The number of hydrogen-bond donors (Lipinski definition) is 2. The third kappa shape index (κ3) is 3.48. The third-order valence-electron chi connectivity index (χ3n) is 8.89. The van der Waals surface area contributed by atoms with E-state index in [-0.39, 0.29) is 48.8 Å². The average Bonchev–Trinajstić information content (AvgIpc) is 3.26. The molecule has 168 valence electrons. The fourth-order valence-corrected chi connectivity index (χ4v) is 7.56. The van der Waals surface area contributed by atoms with Gasteiger partial charge < -0.3 is 19.7 Å². The Kier molecular flexibility index (Phi) is 5.84. The molecule has 9 atom stereocenters. The first-order valence-corrected chi connectivity index (χ1v) is 12.8. The van der Waals surface area contributed by atoms with Crippen molar-refractivity contribution in [1.82, 2.24) is 0 Å². The molecule has 0 spiro atoms. The first kappa shape index (κ1) is 22.0. The minimum absolute atomic E-state index is 0.0112. The van der Waals surface area contributed by atoms with E-state index in [9.17, 15) is 18.6 Å². The van der Waals surface area contributed by atoms with Crippen molar-refractivity contribution >= 4 is 10.1 Å². The molecule has 29 heavy (non-hydrogen) atoms. The Morgan fingerprint density at radius 3 is 2.62 bits per heavy atom. The van der Waals surface area contributed by atoms with Gasteiger partial charge in [-0.05, 0) is 49.9 Å². The molecule has 0 aromatic carbocycles. The summed E-state index contributed by atoms with van der Waals surface area (Å²) in [7, 11) is -3.58. The van der Waals surface area contributed by atoms with Crippen LogP contribution in [0.4, 0.5) is 0 Å². The first-order valence-electron chi connectivity index (χ1n) is 11.0. The van der Waals surface area contributed by atoms with Crippen molar-refractivity contribution < 1.29 is 32.3 Å². The smallest absolute Gasteiger partial charge is 0.264 e. The van der Waals surface area contributed by atoms with Gasteiger partial charge >= 0.3 is 0 Å². The molecule has 2 N–H and O–H groups in total. The Bertz CT molecular complexity index is 700. The minimum Gasteiger partial charge on any atom is -0.396 e. The van der Waals surface area contributed by atoms with Gasteiger partial charge in [0.2, 0.25) is 0 Å². The molecule has 0 radical (unpaired) electrons. The van der Waals surface area contributed by atoms with Crippen LogP contribution in [0.3, 0.4) is 0 Å². The maximum absolute atomic E-state index is 11.6. The lowest BCUT2D eigenvalue weighted by Crippen LogP contribution is -2.65. The van der Waals surface area contributed by atoms with Crippen molar-refractivity contribution in [3.05, 3.63) is 0 Å². The molecule has 0 aromatic heterocycles. The van der Waals surface area contributed by atoms with Crippen LogP contribution in [0.25, 0.3) is 0 Å². The minimum atomic E-state index is -3.58. The number of ether oxygens (including phenoxy) is 2. The van der Waals surface area contributed by atoms with Gasteiger partial charge in [-0.1, -0.05) is 20.3 Å². The molecule has 0 aromatic rings. The van der Waals surface area contributed by atoms with Gasteiger partial charge in [-0.2, -0.15) is 8.42 Å². The van der Waals surface area contributed by atoms with Crippen molar-refractivity contribution in [2.24, 2.45) is 34.5 Å². The van der Waals surface area contributed by atoms with Crippen LogP contribution in [0, 0.1) is 34.5 Å². The molecule has 0 bridgehead atoms. The molecule has 2 aliphatic heterocycles. The number of hydrogen-bond acceptors (Lipinski definition) is 7. The SMILES string of the molecule is C[C@@H]1C[C@H](O)[C@@]2(CO)[C@@H](COS(C)(=O)=O)CCC[C@@H]2[C@@]1(C)[C@@H]1C[C@H]2CCO[C@H]2O1. The molecule has 4 fully saturated rings. The molecule has 2 aliphatic carbocycles.